The predicted molar refractivity (Wildman–Crippen MR) is 65.2 cm³/mol. The number of carboxylic acid groups (broad SMARTS) is 1. The van der Waals surface area contributed by atoms with Gasteiger partial charge in [-0.05, 0) is 36.2 Å². The topological polar surface area (TPSA) is 57.5 Å². The van der Waals surface area contributed by atoms with E-state index in [1.807, 2.05) is 0 Å². The molecule has 0 saturated heterocycles. The Morgan fingerprint density at radius 1 is 1.17 bits per heavy atom. The Hall–Kier alpha value is -2.36. The summed E-state index contributed by atoms with van der Waals surface area (Å²) >= 11 is 0. The second-order valence-corrected chi connectivity index (χ2v) is 4.02. The minimum absolute atomic E-state index is 0.111. The molecule has 0 atom stereocenters. The van der Waals surface area contributed by atoms with E-state index in [0.717, 1.165) is 11.6 Å². The van der Waals surface area contributed by atoms with Crippen LogP contribution < -0.4 is 0 Å². The van der Waals surface area contributed by atoms with Gasteiger partial charge >= 0.3 is 5.97 Å². The first-order valence-corrected chi connectivity index (χ1v) is 5.32. The lowest BCUT2D eigenvalue weighted by molar-refractivity contribution is 0.0697. The molecule has 0 unspecified atom stereocenters. The van der Waals surface area contributed by atoms with Gasteiger partial charge in [-0.3, -0.25) is 0 Å². The molecule has 0 aliphatic rings. The maximum atomic E-state index is 13.3. The summed E-state index contributed by atoms with van der Waals surface area (Å²) in [6, 6.07) is 8.72. The molecule has 2 rings (SSSR count). The van der Waals surface area contributed by atoms with Crippen LogP contribution in [0.5, 0.6) is 5.75 Å². The van der Waals surface area contributed by atoms with Crippen molar-refractivity contribution in [2.24, 2.45) is 0 Å². The summed E-state index contributed by atoms with van der Waals surface area (Å²) in [6.07, 6.45) is 0. The number of aromatic carboxylic acids is 1. The molecule has 0 spiro atoms. The van der Waals surface area contributed by atoms with E-state index in [2.05, 4.69) is 0 Å². The van der Waals surface area contributed by atoms with Crippen LogP contribution in [0.2, 0.25) is 0 Å². The molecule has 3 nitrogen and oxygen atoms in total. The SMILES string of the molecule is Cc1ccc(-c2ccc(O)c(F)c2)c(C(=O)O)c1. The van der Waals surface area contributed by atoms with Gasteiger partial charge in [0.1, 0.15) is 0 Å². The number of benzene rings is 2. The van der Waals surface area contributed by atoms with Crippen molar-refractivity contribution in [1.82, 2.24) is 0 Å². The molecule has 4 heteroatoms. The lowest BCUT2D eigenvalue weighted by Crippen LogP contribution is -2.00. The lowest BCUT2D eigenvalue weighted by atomic mass is 9.97. The third-order valence-corrected chi connectivity index (χ3v) is 2.66. The molecule has 2 aromatic rings. The molecule has 0 fully saturated rings. The Morgan fingerprint density at radius 2 is 1.89 bits per heavy atom. The van der Waals surface area contributed by atoms with E-state index < -0.39 is 17.5 Å². The quantitative estimate of drug-likeness (QED) is 0.855. The van der Waals surface area contributed by atoms with Crippen LogP contribution in [-0.4, -0.2) is 16.2 Å². The van der Waals surface area contributed by atoms with Gasteiger partial charge in [0.15, 0.2) is 11.6 Å². The molecule has 0 bridgehead atoms. The summed E-state index contributed by atoms with van der Waals surface area (Å²) < 4.78 is 13.3. The van der Waals surface area contributed by atoms with E-state index >= 15 is 0 Å². The fraction of sp³-hybridized carbons (Fsp3) is 0.0714. The highest BCUT2D eigenvalue weighted by Crippen LogP contribution is 2.28. The first-order chi connectivity index (χ1) is 8.49. The minimum Gasteiger partial charge on any atom is -0.505 e. The zero-order valence-corrected chi connectivity index (χ0v) is 9.64. The van der Waals surface area contributed by atoms with Crippen molar-refractivity contribution in [3.05, 3.63) is 53.3 Å². The van der Waals surface area contributed by atoms with Crippen molar-refractivity contribution < 1.29 is 19.4 Å². The maximum Gasteiger partial charge on any atom is 0.336 e. The third-order valence-electron chi connectivity index (χ3n) is 2.66. The smallest absolute Gasteiger partial charge is 0.336 e. The van der Waals surface area contributed by atoms with Crippen molar-refractivity contribution >= 4 is 5.97 Å². The zero-order chi connectivity index (χ0) is 13.3. The van der Waals surface area contributed by atoms with Gasteiger partial charge in [-0.2, -0.15) is 0 Å². The van der Waals surface area contributed by atoms with Crippen molar-refractivity contribution in [2.75, 3.05) is 0 Å². The van der Waals surface area contributed by atoms with Crippen LogP contribution in [0.1, 0.15) is 15.9 Å². The normalized spacial score (nSPS) is 10.3. The molecule has 0 aromatic heterocycles. The van der Waals surface area contributed by atoms with Gasteiger partial charge in [0.05, 0.1) is 5.56 Å². The fourth-order valence-corrected chi connectivity index (χ4v) is 1.76. The maximum absolute atomic E-state index is 13.3. The summed E-state index contributed by atoms with van der Waals surface area (Å²) in [5.74, 6) is -2.30. The summed E-state index contributed by atoms with van der Waals surface area (Å²) in [6.45, 7) is 1.79. The standard InChI is InChI=1S/C14H11FO3/c1-8-2-4-10(11(6-8)14(17)18)9-3-5-13(16)12(15)7-9/h2-7,16H,1H3,(H,17,18). The number of aromatic hydroxyl groups is 1. The van der Waals surface area contributed by atoms with Crippen molar-refractivity contribution in [3.8, 4) is 16.9 Å². The average Bonchev–Trinajstić information content (AvgIpc) is 2.32. The van der Waals surface area contributed by atoms with Crippen LogP contribution in [0, 0.1) is 12.7 Å². The number of carbonyl (C=O) groups is 1. The van der Waals surface area contributed by atoms with Gasteiger partial charge in [-0.1, -0.05) is 23.8 Å². The Bertz CT molecular complexity index is 620. The van der Waals surface area contributed by atoms with Gasteiger partial charge < -0.3 is 10.2 Å². The number of aryl methyl sites for hydroxylation is 1. The summed E-state index contributed by atoms with van der Waals surface area (Å²) in [5.41, 5.74) is 1.77. The number of hydrogen-bond acceptors (Lipinski definition) is 2. The van der Waals surface area contributed by atoms with E-state index in [1.54, 1.807) is 19.1 Å². The molecule has 18 heavy (non-hydrogen) atoms. The van der Waals surface area contributed by atoms with Crippen LogP contribution in [0.15, 0.2) is 36.4 Å². The van der Waals surface area contributed by atoms with E-state index in [1.165, 1.54) is 18.2 Å². The van der Waals surface area contributed by atoms with Crippen molar-refractivity contribution in [2.45, 2.75) is 6.92 Å². The van der Waals surface area contributed by atoms with E-state index in [9.17, 15) is 9.18 Å². The highest BCUT2D eigenvalue weighted by Gasteiger charge is 2.13. The van der Waals surface area contributed by atoms with Crippen LogP contribution in [0.25, 0.3) is 11.1 Å². The Balaban J connectivity index is 2.63. The number of hydrogen-bond donors (Lipinski definition) is 2. The molecule has 0 amide bonds. The number of carboxylic acids is 1. The molecule has 0 radical (unpaired) electrons. The molecular weight excluding hydrogens is 235 g/mol. The second-order valence-electron chi connectivity index (χ2n) is 4.02. The number of phenolic OH excluding ortho intramolecular Hbond substituents is 1. The molecule has 92 valence electrons. The second kappa shape index (κ2) is 4.49. The molecular formula is C14H11FO3. The highest BCUT2D eigenvalue weighted by atomic mass is 19.1. The third kappa shape index (κ3) is 2.18. The molecule has 0 aliphatic carbocycles. The molecule has 0 saturated carbocycles. The number of halogens is 1. The first-order valence-electron chi connectivity index (χ1n) is 5.32. The van der Waals surface area contributed by atoms with Gasteiger partial charge in [-0.15, -0.1) is 0 Å². The molecule has 2 aromatic carbocycles. The van der Waals surface area contributed by atoms with Crippen molar-refractivity contribution in [1.29, 1.82) is 0 Å². The van der Waals surface area contributed by atoms with Gasteiger partial charge in [-0.25, -0.2) is 9.18 Å². The molecule has 0 aliphatic heterocycles. The van der Waals surface area contributed by atoms with Crippen LogP contribution >= 0.6 is 0 Å². The Morgan fingerprint density at radius 3 is 2.50 bits per heavy atom. The monoisotopic (exact) mass is 246 g/mol. The summed E-state index contributed by atoms with van der Waals surface area (Å²) in [7, 11) is 0. The van der Waals surface area contributed by atoms with E-state index in [0.29, 0.717) is 11.1 Å². The highest BCUT2D eigenvalue weighted by molar-refractivity contribution is 5.96. The van der Waals surface area contributed by atoms with Crippen LogP contribution in [0.3, 0.4) is 0 Å². The minimum atomic E-state index is -1.07. The van der Waals surface area contributed by atoms with Crippen molar-refractivity contribution in [3.63, 3.8) is 0 Å². The summed E-state index contributed by atoms with van der Waals surface area (Å²) in [5, 5.41) is 18.3. The van der Waals surface area contributed by atoms with Gasteiger partial charge in [0.2, 0.25) is 0 Å². The lowest BCUT2D eigenvalue weighted by Gasteiger charge is -2.08. The van der Waals surface area contributed by atoms with Crippen LogP contribution in [-0.2, 0) is 0 Å². The average molecular weight is 246 g/mol. The Kier molecular flexibility index (Phi) is 3.02. The van der Waals surface area contributed by atoms with Crippen LogP contribution in [0.4, 0.5) is 4.39 Å². The molecule has 0 heterocycles. The first kappa shape index (κ1) is 12.1. The predicted octanol–water partition coefficient (Wildman–Crippen LogP) is 3.20. The zero-order valence-electron chi connectivity index (χ0n) is 9.64. The molecule has 2 N–H and O–H groups in total. The fourth-order valence-electron chi connectivity index (χ4n) is 1.76. The number of phenols is 1. The largest absolute Gasteiger partial charge is 0.505 e. The Labute approximate surface area is 103 Å². The van der Waals surface area contributed by atoms with Gasteiger partial charge in [0.25, 0.3) is 0 Å². The van der Waals surface area contributed by atoms with E-state index in [-0.39, 0.29) is 5.56 Å². The number of rotatable bonds is 2. The summed E-state index contributed by atoms with van der Waals surface area (Å²) in [4.78, 5) is 11.2. The van der Waals surface area contributed by atoms with E-state index in [4.69, 9.17) is 10.2 Å². The van der Waals surface area contributed by atoms with Gasteiger partial charge in [0, 0.05) is 0 Å².